The molecule has 2 aliphatic heterocycles. The van der Waals surface area contributed by atoms with Crippen LogP contribution in [-0.4, -0.2) is 141 Å². The lowest BCUT2D eigenvalue weighted by molar-refractivity contribution is -0.342. The summed E-state index contributed by atoms with van der Waals surface area (Å²) in [6.07, 6.45) is -18.8. The second kappa shape index (κ2) is 16.6. The van der Waals surface area contributed by atoms with Crippen LogP contribution in [0.3, 0.4) is 0 Å². The summed E-state index contributed by atoms with van der Waals surface area (Å²) in [7, 11) is -15.8. The third-order valence-corrected chi connectivity index (χ3v) is 8.01. The molecule has 10 atom stereocenters. The highest BCUT2D eigenvalue weighted by Gasteiger charge is 2.56. The lowest BCUT2D eigenvalue weighted by Crippen LogP contribution is -2.68. The first-order valence-corrected chi connectivity index (χ1v) is 17.5. The number of hydrogen-bond donors (Lipinski definition) is 8. The minimum atomic E-state index is -5.37. The van der Waals surface area contributed by atoms with Gasteiger partial charge in [-0.15, -0.1) is 0 Å². The van der Waals surface area contributed by atoms with E-state index in [1.54, 1.807) is 30.3 Å². The van der Waals surface area contributed by atoms with Crippen molar-refractivity contribution in [3.05, 3.63) is 35.9 Å². The van der Waals surface area contributed by atoms with Gasteiger partial charge in [-0.1, -0.05) is 30.3 Å². The molecule has 0 amide bonds. The highest BCUT2D eigenvalue weighted by atomic mass is 32.3. The molecule has 0 radical (unpaired) electrons. The normalized spacial score (nSPS) is 32.2. The summed E-state index contributed by atoms with van der Waals surface area (Å²) in [5.74, 6) is -1.80. The van der Waals surface area contributed by atoms with E-state index >= 15 is 0 Å². The summed E-state index contributed by atoms with van der Waals surface area (Å²) < 4.78 is 136. The van der Waals surface area contributed by atoms with Gasteiger partial charge in [0, 0.05) is 0 Å². The van der Waals surface area contributed by atoms with E-state index in [0.29, 0.717) is 5.56 Å². The Morgan fingerprint density at radius 2 is 1.53 bits per heavy atom. The van der Waals surface area contributed by atoms with Crippen molar-refractivity contribution in [2.75, 3.05) is 19.8 Å². The van der Waals surface area contributed by atoms with Gasteiger partial charge in [-0.25, -0.2) is 13.2 Å². The molecular weight excluding hydrogens is 708 g/mol. The molecule has 9 N–H and O–H groups in total. The molecule has 2 aliphatic rings. The van der Waals surface area contributed by atoms with Crippen molar-refractivity contribution in [2.24, 2.45) is 5.73 Å². The summed E-state index contributed by atoms with van der Waals surface area (Å²) in [4.78, 5) is 12.5. The predicted octanol–water partition coefficient (Wildman–Crippen LogP) is -3.65. The number of ether oxygens (including phenoxy) is 5. The average molecular weight is 743 g/mol. The number of carbonyl (C=O) groups is 1. The smallest absolute Gasteiger partial charge is 0.397 e. The molecule has 2 heterocycles. The SMILES string of the molecule is NCCCO[C@@H]1O[C@@H](C(=O)O)[C@@H](O[C@H]2O[C@H](COS(=O)(=O)O)[C@@H](O)[C@H](O)[C@H]2NS(=O)(=O)O)[C@H](OCc2ccccc2)[C@H]1OS(=O)(=O)O. The van der Waals surface area contributed by atoms with Crippen LogP contribution < -0.4 is 10.5 Å². The number of carboxylic acids is 1. The number of aliphatic hydroxyl groups is 2. The predicted molar refractivity (Wildman–Crippen MR) is 149 cm³/mol. The Bertz CT molecular complexity index is 1490. The molecule has 0 aliphatic carbocycles. The Kier molecular flexibility index (Phi) is 13.9. The summed E-state index contributed by atoms with van der Waals surface area (Å²) in [6, 6.07) is 5.79. The largest absolute Gasteiger partial charge is 0.479 e. The standard InChI is InChI=1S/C22H34N2O20S3/c23-7-4-8-38-22-19(44-47(35,36)37)16(39-9-11-5-2-1-3-6-11)17(18(43-22)20(27)28)42-21-13(24-45(29,30)31)15(26)14(25)12(41-21)10-40-46(32,33)34/h1-3,5-6,12-19,21-22,24-26H,4,7-10,23H2,(H,27,28)(H,29,30,31)(H,32,33,34)(H,35,36,37)/t12-,13-,14-,15-,16+,17+,18-,19-,21-,22-/m1/s1. The monoisotopic (exact) mass is 742 g/mol. The molecule has 1 aromatic carbocycles. The molecule has 3 rings (SSSR count). The molecule has 47 heavy (non-hydrogen) atoms. The highest BCUT2D eigenvalue weighted by molar-refractivity contribution is 7.83. The molecule has 22 nitrogen and oxygen atoms in total. The second-order valence-corrected chi connectivity index (χ2v) is 13.3. The third-order valence-electron chi connectivity index (χ3n) is 6.55. The lowest BCUT2D eigenvalue weighted by atomic mass is 9.95. The van der Waals surface area contributed by atoms with Gasteiger partial charge < -0.3 is 44.7 Å². The molecule has 25 heteroatoms. The van der Waals surface area contributed by atoms with E-state index in [2.05, 4.69) is 4.18 Å². The number of hydrogen-bond acceptors (Lipinski definition) is 17. The van der Waals surface area contributed by atoms with Crippen LogP contribution in [0.1, 0.15) is 12.0 Å². The Balaban J connectivity index is 2.09. The topological polar surface area (TPSA) is 344 Å². The minimum absolute atomic E-state index is 0.0797. The van der Waals surface area contributed by atoms with Crippen LogP contribution in [0, 0.1) is 0 Å². The second-order valence-electron chi connectivity index (χ2n) is 9.98. The van der Waals surface area contributed by atoms with Crippen molar-refractivity contribution in [3.8, 4) is 0 Å². The first-order chi connectivity index (χ1) is 21.8. The fourth-order valence-corrected chi connectivity index (χ4v) is 5.95. The zero-order valence-electron chi connectivity index (χ0n) is 23.9. The van der Waals surface area contributed by atoms with Crippen LogP contribution in [0.4, 0.5) is 0 Å². The van der Waals surface area contributed by atoms with E-state index in [4.69, 9.17) is 38.2 Å². The summed E-state index contributed by atoms with van der Waals surface area (Å²) >= 11 is 0. The number of aliphatic hydroxyl groups excluding tert-OH is 2. The Labute approximate surface area is 268 Å². The first kappa shape index (κ1) is 39.4. The van der Waals surface area contributed by atoms with Crippen LogP contribution in [0.25, 0.3) is 0 Å². The van der Waals surface area contributed by atoms with Gasteiger partial charge in [-0.05, 0) is 18.5 Å². The van der Waals surface area contributed by atoms with Crippen molar-refractivity contribution in [1.82, 2.24) is 4.72 Å². The fourth-order valence-electron chi connectivity index (χ4n) is 4.57. The number of carboxylic acid groups (broad SMARTS) is 1. The number of nitrogens with two attached hydrogens (primary N) is 1. The van der Waals surface area contributed by atoms with Crippen LogP contribution in [-0.2, 0) is 74.6 Å². The van der Waals surface area contributed by atoms with Crippen LogP contribution in [0.15, 0.2) is 30.3 Å². The number of nitrogens with one attached hydrogen (secondary N) is 1. The van der Waals surface area contributed by atoms with Gasteiger partial charge in [0.1, 0.15) is 36.6 Å². The van der Waals surface area contributed by atoms with E-state index in [1.165, 1.54) is 4.72 Å². The van der Waals surface area contributed by atoms with E-state index < -0.39 is 112 Å². The summed E-state index contributed by atoms with van der Waals surface area (Å²) in [5.41, 5.74) is 5.90. The number of benzene rings is 1. The molecule has 0 bridgehead atoms. The molecule has 0 spiro atoms. The molecule has 270 valence electrons. The van der Waals surface area contributed by atoms with E-state index in [0.717, 1.165) is 0 Å². The molecular formula is C22H34N2O20S3. The Hall–Kier alpha value is -2.02. The third kappa shape index (κ3) is 12.1. The highest BCUT2D eigenvalue weighted by Crippen LogP contribution is 2.34. The summed E-state index contributed by atoms with van der Waals surface area (Å²) in [5, 5.41) is 31.2. The zero-order chi connectivity index (χ0) is 35.2. The quantitative estimate of drug-likeness (QED) is 0.0563. The Morgan fingerprint density at radius 1 is 0.872 bits per heavy atom. The van der Waals surface area contributed by atoms with E-state index in [-0.39, 0.29) is 19.6 Å². The van der Waals surface area contributed by atoms with Gasteiger partial charge in [-0.3, -0.25) is 13.7 Å². The van der Waals surface area contributed by atoms with Gasteiger partial charge in [0.2, 0.25) is 0 Å². The molecule has 0 unspecified atom stereocenters. The molecule has 1 aromatic rings. The number of aliphatic carboxylic acids is 1. The van der Waals surface area contributed by atoms with Gasteiger partial charge in [-0.2, -0.15) is 30.0 Å². The minimum Gasteiger partial charge on any atom is -0.479 e. The van der Waals surface area contributed by atoms with E-state index in [1.807, 2.05) is 0 Å². The zero-order valence-corrected chi connectivity index (χ0v) is 26.3. The average Bonchev–Trinajstić information content (AvgIpc) is 2.95. The Morgan fingerprint density at radius 3 is 2.09 bits per heavy atom. The van der Waals surface area contributed by atoms with Gasteiger partial charge in [0.05, 0.1) is 19.8 Å². The van der Waals surface area contributed by atoms with Crippen LogP contribution in [0.5, 0.6) is 0 Å². The lowest BCUT2D eigenvalue weighted by Gasteiger charge is -2.47. The van der Waals surface area contributed by atoms with Crippen LogP contribution in [0.2, 0.25) is 0 Å². The maximum Gasteiger partial charge on any atom is 0.397 e. The first-order valence-electron chi connectivity index (χ1n) is 13.3. The molecule has 2 saturated heterocycles. The fraction of sp³-hybridized carbons (Fsp3) is 0.682. The molecule has 2 fully saturated rings. The maximum atomic E-state index is 12.5. The molecule has 0 aromatic heterocycles. The summed E-state index contributed by atoms with van der Waals surface area (Å²) in [6.45, 7) is -1.76. The van der Waals surface area contributed by atoms with Gasteiger partial charge in [0.15, 0.2) is 24.8 Å². The van der Waals surface area contributed by atoms with Gasteiger partial charge >= 0.3 is 37.1 Å². The van der Waals surface area contributed by atoms with Crippen molar-refractivity contribution >= 4 is 37.1 Å². The van der Waals surface area contributed by atoms with Crippen molar-refractivity contribution in [2.45, 2.75) is 74.4 Å². The van der Waals surface area contributed by atoms with E-state index in [9.17, 15) is 54.5 Å². The molecule has 0 saturated carbocycles. The van der Waals surface area contributed by atoms with Crippen molar-refractivity contribution in [3.63, 3.8) is 0 Å². The van der Waals surface area contributed by atoms with Crippen molar-refractivity contribution < 1.29 is 91.1 Å². The maximum absolute atomic E-state index is 12.5. The van der Waals surface area contributed by atoms with Gasteiger partial charge in [0.25, 0.3) is 0 Å². The van der Waals surface area contributed by atoms with Crippen molar-refractivity contribution in [1.29, 1.82) is 0 Å². The number of rotatable bonds is 17. The van der Waals surface area contributed by atoms with Crippen LogP contribution >= 0.6 is 0 Å².